The summed E-state index contributed by atoms with van der Waals surface area (Å²) in [6.07, 6.45) is 7.70. The zero-order valence-corrected chi connectivity index (χ0v) is 22.0. The molecule has 0 saturated carbocycles. The number of hydrogen-bond donors (Lipinski definition) is 2. The molecule has 2 N–H and O–H groups in total. The van der Waals surface area contributed by atoms with E-state index < -0.39 is 6.04 Å². The molecule has 36 heavy (non-hydrogen) atoms. The van der Waals surface area contributed by atoms with Crippen molar-refractivity contribution < 1.29 is 9.59 Å². The van der Waals surface area contributed by atoms with Crippen LogP contribution in [0.25, 0.3) is 10.9 Å². The fraction of sp³-hybridized carbons (Fsp3) is 0.429. The molecule has 2 amide bonds. The third kappa shape index (κ3) is 6.05. The second-order valence-electron chi connectivity index (χ2n) is 9.84. The van der Waals surface area contributed by atoms with Crippen LogP contribution in [0.2, 0.25) is 5.02 Å². The Morgan fingerprint density at radius 1 is 1.00 bits per heavy atom. The molecule has 3 heterocycles. The summed E-state index contributed by atoms with van der Waals surface area (Å²) in [6.45, 7) is 5.04. The normalized spacial score (nSPS) is 18.0. The van der Waals surface area contributed by atoms with Crippen LogP contribution in [0, 0.1) is 5.92 Å². The fourth-order valence-electron chi connectivity index (χ4n) is 5.41. The first kappa shape index (κ1) is 26.5. The van der Waals surface area contributed by atoms with Crippen molar-refractivity contribution >= 4 is 46.7 Å². The second-order valence-corrected chi connectivity index (χ2v) is 10.3. The summed E-state index contributed by atoms with van der Waals surface area (Å²) in [5.41, 5.74) is 2.08. The molecule has 0 unspecified atom stereocenters. The molecule has 2 fully saturated rings. The fourth-order valence-corrected chi connectivity index (χ4v) is 5.62. The summed E-state index contributed by atoms with van der Waals surface area (Å²) in [5, 5.41) is 4.50. The molecule has 2 saturated heterocycles. The van der Waals surface area contributed by atoms with Crippen LogP contribution in [-0.4, -0.2) is 59.3 Å². The molecular formula is C28H34Cl2N4O2. The maximum atomic E-state index is 13.7. The van der Waals surface area contributed by atoms with Crippen molar-refractivity contribution in [2.24, 2.45) is 5.92 Å². The van der Waals surface area contributed by atoms with E-state index in [1.165, 1.54) is 32.4 Å². The molecule has 0 aliphatic carbocycles. The molecule has 3 aromatic rings. The van der Waals surface area contributed by atoms with Crippen LogP contribution in [0.1, 0.15) is 54.1 Å². The number of carbonyl (C=O) groups is 2. The number of rotatable bonds is 6. The maximum absolute atomic E-state index is 13.7. The average Bonchev–Trinajstić information content (AvgIpc) is 3.28. The Morgan fingerprint density at radius 3 is 2.44 bits per heavy atom. The van der Waals surface area contributed by atoms with Gasteiger partial charge in [-0.05, 0) is 62.4 Å². The Balaban J connectivity index is 0.00000304. The lowest BCUT2D eigenvalue weighted by molar-refractivity contribution is -0.135. The number of benzene rings is 2. The Morgan fingerprint density at radius 2 is 1.72 bits per heavy atom. The third-order valence-corrected chi connectivity index (χ3v) is 7.75. The van der Waals surface area contributed by atoms with Crippen LogP contribution in [-0.2, 0) is 4.79 Å². The lowest BCUT2D eigenvalue weighted by Crippen LogP contribution is -2.47. The minimum atomic E-state index is -0.717. The first-order valence-electron chi connectivity index (χ1n) is 12.7. The van der Waals surface area contributed by atoms with E-state index in [0.717, 1.165) is 48.9 Å². The van der Waals surface area contributed by atoms with Crippen LogP contribution < -0.4 is 5.32 Å². The van der Waals surface area contributed by atoms with E-state index in [1.807, 2.05) is 41.3 Å². The van der Waals surface area contributed by atoms with Crippen LogP contribution in [0.15, 0.2) is 54.7 Å². The van der Waals surface area contributed by atoms with Gasteiger partial charge in [-0.15, -0.1) is 12.4 Å². The minimum absolute atomic E-state index is 0. The van der Waals surface area contributed by atoms with E-state index >= 15 is 0 Å². The summed E-state index contributed by atoms with van der Waals surface area (Å²) < 4.78 is 0. The Kier molecular flexibility index (Phi) is 8.94. The summed E-state index contributed by atoms with van der Waals surface area (Å²) in [6, 6.07) is 14.2. The molecule has 2 aromatic carbocycles. The summed E-state index contributed by atoms with van der Waals surface area (Å²) in [4.78, 5) is 34.5. The minimum Gasteiger partial charge on any atom is -0.360 e. The Bertz CT molecular complexity index is 1170. The molecule has 2 aliphatic heterocycles. The number of H-pyrrole nitrogens is 1. The van der Waals surface area contributed by atoms with Crippen molar-refractivity contribution in [3.8, 4) is 0 Å². The molecular weight excluding hydrogens is 495 g/mol. The van der Waals surface area contributed by atoms with Crippen molar-refractivity contribution in [2.75, 3.05) is 32.7 Å². The first-order valence-corrected chi connectivity index (χ1v) is 13.1. The predicted molar refractivity (Wildman–Crippen MR) is 147 cm³/mol. The van der Waals surface area contributed by atoms with Gasteiger partial charge in [0.15, 0.2) is 0 Å². The van der Waals surface area contributed by atoms with Gasteiger partial charge in [-0.25, -0.2) is 0 Å². The van der Waals surface area contributed by atoms with E-state index in [0.29, 0.717) is 16.5 Å². The van der Waals surface area contributed by atoms with Gasteiger partial charge in [0.25, 0.3) is 5.91 Å². The number of nitrogens with zero attached hydrogens (tertiary/aromatic N) is 2. The standard InChI is InChI=1S/C28H33ClN4O2.ClH/c29-24-18-30-25-17-22(9-10-23(24)25)27(34)31-26(21-7-3-1-4-8-21)28(35)33-15-11-20(12-16-33)19-32-13-5-2-6-14-32;/h1,3-4,7-10,17-18,20,26,30H,2,5-6,11-16,19H2,(H,31,34);1H/t26-;/m1./s1. The number of aromatic amines is 1. The number of halogens is 2. The van der Waals surface area contributed by atoms with Crippen LogP contribution in [0.5, 0.6) is 0 Å². The smallest absolute Gasteiger partial charge is 0.252 e. The van der Waals surface area contributed by atoms with Crippen molar-refractivity contribution in [2.45, 2.75) is 38.1 Å². The lowest BCUT2D eigenvalue weighted by atomic mass is 9.94. The topological polar surface area (TPSA) is 68.4 Å². The maximum Gasteiger partial charge on any atom is 0.252 e. The van der Waals surface area contributed by atoms with E-state index in [9.17, 15) is 9.59 Å². The molecule has 192 valence electrons. The SMILES string of the molecule is Cl.O=C(N[C@@H](C(=O)N1CCC(CN2CCCCC2)CC1)c1ccccc1)c1ccc2c(Cl)c[nH]c2c1. The highest BCUT2D eigenvalue weighted by molar-refractivity contribution is 6.35. The van der Waals surface area contributed by atoms with Crippen molar-refractivity contribution in [3.63, 3.8) is 0 Å². The molecule has 6 nitrogen and oxygen atoms in total. The molecule has 5 rings (SSSR count). The number of hydrogen-bond acceptors (Lipinski definition) is 3. The van der Waals surface area contributed by atoms with Crippen molar-refractivity contribution in [1.29, 1.82) is 0 Å². The summed E-state index contributed by atoms with van der Waals surface area (Å²) >= 11 is 6.18. The summed E-state index contributed by atoms with van der Waals surface area (Å²) in [5.74, 6) is 0.325. The largest absolute Gasteiger partial charge is 0.360 e. The van der Waals surface area contributed by atoms with Gasteiger partial charge in [0.2, 0.25) is 5.91 Å². The van der Waals surface area contributed by atoms with Gasteiger partial charge in [0.05, 0.1) is 5.02 Å². The number of nitrogens with one attached hydrogen (secondary N) is 2. The second kappa shape index (κ2) is 12.1. The van der Waals surface area contributed by atoms with Crippen LogP contribution >= 0.6 is 24.0 Å². The highest BCUT2D eigenvalue weighted by atomic mass is 35.5. The monoisotopic (exact) mass is 528 g/mol. The number of carbonyl (C=O) groups excluding carboxylic acids is 2. The lowest BCUT2D eigenvalue weighted by Gasteiger charge is -2.37. The van der Waals surface area contributed by atoms with E-state index in [-0.39, 0.29) is 24.2 Å². The number of fused-ring (bicyclic) bond motifs is 1. The Hall–Kier alpha value is -2.54. The summed E-state index contributed by atoms with van der Waals surface area (Å²) in [7, 11) is 0. The molecule has 2 aliphatic rings. The van der Waals surface area contributed by atoms with E-state index in [2.05, 4.69) is 15.2 Å². The quantitative estimate of drug-likeness (QED) is 0.447. The predicted octanol–water partition coefficient (Wildman–Crippen LogP) is 5.44. The number of piperidine rings is 2. The van der Waals surface area contributed by atoms with Gasteiger partial charge in [-0.3, -0.25) is 9.59 Å². The van der Waals surface area contributed by atoms with E-state index in [4.69, 9.17) is 11.6 Å². The van der Waals surface area contributed by atoms with Crippen LogP contribution in [0.3, 0.4) is 0 Å². The molecule has 0 radical (unpaired) electrons. The van der Waals surface area contributed by atoms with Gasteiger partial charge < -0.3 is 20.1 Å². The number of amides is 2. The Labute approximate surface area is 223 Å². The average molecular weight is 530 g/mol. The van der Waals surface area contributed by atoms with Crippen molar-refractivity contribution in [1.82, 2.24) is 20.1 Å². The van der Waals surface area contributed by atoms with Gasteiger partial charge in [-0.2, -0.15) is 0 Å². The number of likely N-dealkylation sites (tertiary alicyclic amines) is 2. The first-order chi connectivity index (χ1) is 17.1. The van der Waals surface area contributed by atoms with Crippen molar-refractivity contribution in [3.05, 3.63) is 70.9 Å². The molecule has 0 bridgehead atoms. The highest BCUT2D eigenvalue weighted by Crippen LogP contribution is 2.26. The van der Waals surface area contributed by atoms with Gasteiger partial charge >= 0.3 is 0 Å². The zero-order chi connectivity index (χ0) is 24.2. The van der Waals surface area contributed by atoms with Gasteiger partial charge in [0.1, 0.15) is 6.04 Å². The van der Waals surface area contributed by atoms with Crippen LogP contribution in [0.4, 0.5) is 0 Å². The molecule has 1 atom stereocenters. The van der Waals surface area contributed by atoms with Gasteiger partial charge in [-0.1, -0.05) is 54.4 Å². The zero-order valence-electron chi connectivity index (χ0n) is 20.4. The van der Waals surface area contributed by atoms with Gasteiger partial charge in [0, 0.05) is 42.3 Å². The number of aromatic nitrogens is 1. The highest BCUT2D eigenvalue weighted by Gasteiger charge is 2.31. The molecule has 8 heteroatoms. The van der Waals surface area contributed by atoms with E-state index in [1.54, 1.807) is 18.3 Å². The molecule has 0 spiro atoms. The third-order valence-electron chi connectivity index (χ3n) is 7.44. The molecule has 1 aromatic heterocycles.